The Hall–Kier alpha value is -3.03. The van der Waals surface area contributed by atoms with Gasteiger partial charge in [-0.05, 0) is 30.7 Å². The number of anilines is 1. The Morgan fingerprint density at radius 2 is 2.23 bits per heavy atom. The first-order valence-corrected chi connectivity index (χ1v) is 6.67. The first-order valence-electron chi connectivity index (χ1n) is 6.67. The van der Waals surface area contributed by atoms with Crippen LogP contribution in [0.15, 0.2) is 28.8 Å². The van der Waals surface area contributed by atoms with Crippen molar-refractivity contribution in [1.82, 2.24) is 25.6 Å². The van der Waals surface area contributed by atoms with E-state index >= 15 is 0 Å². The zero-order chi connectivity index (χ0) is 15.5. The molecule has 2 N–H and O–H groups in total. The summed E-state index contributed by atoms with van der Waals surface area (Å²) >= 11 is 0. The predicted molar refractivity (Wildman–Crippen MR) is 77.9 cm³/mol. The predicted octanol–water partition coefficient (Wildman–Crippen LogP) is 1.65. The van der Waals surface area contributed by atoms with Crippen LogP contribution in [0.4, 0.5) is 5.69 Å². The average molecular weight is 298 g/mol. The Balaban J connectivity index is 1.76. The minimum Gasteiger partial charge on any atom is -0.445 e. The van der Waals surface area contributed by atoms with Crippen molar-refractivity contribution >= 4 is 11.6 Å². The molecular formula is C14H14N6O2. The summed E-state index contributed by atoms with van der Waals surface area (Å²) in [5.74, 6) is 1.34. The van der Waals surface area contributed by atoms with Gasteiger partial charge in [0.25, 0.3) is 0 Å². The molecular weight excluding hydrogens is 284 g/mol. The lowest BCUT2D eigenvalue weighted by Gasteiger charge is -2.08. The van der Waals surface area contributed by atoms with Gasteiger partial charge in [0.15, 0.2) is 0 Å². The van der Waals surface area contributed by atoms with E-state index < -0.39 is 0 Å². The number of amides is 1. The highest BCUT2D eigenvalue weighted by atomic mass is 16.4. The summed E-state index contributed by atoms with van der Waals surface area (Å²) in [4.78, 5) is 16.1. The monoisotopic (exact) mass is 298 g/mol. The lowest BCUT2D eigenvalue weighted by molar-refractivity contribution is -0.115. The van der Waals surface area contributed by atoms with Gasteiger partial charge < -0.3 is 9.73 Å². The molecule has 8 nitrogen and oxygen atoms in total. The van der Waals surface area contributed by atoms with Gasteiger partial charge in [0.2, 0.25) is 17.6 Å². The highest BCUT2D eigenvalue weighted by Crippen LogP contribution is 2.22. The van der Waals surface area contributed by atoms with Gasteiger partial charge in [0.05, 0.1) is 6.20 Å². The molecule has 112 valence electrons. The zero-order valence-electron chi connectivity index (χ0n) is 12.1. The molecule has 0 atom stereocenters. The van der Waals surface area contributed by atoms with Crippen LogP contribution in [0.25, 0.3) is 11.4 Å². The van der Waals surface area contributed by atoms with Crippen molar-refractivity contribution in [3.8, 4) is 11.4 Å². The number of aromatic amines is 1. The molecule has 0 saturated heterocycles. The summed E-state index contributed by atoms with van der Waals surface area (Å²) in [7, 11) is 0. The summed E-state index contributed by atoms with van der Waals surface area (Å²) in [6.07, 6.45) is 1.67. The number of nitrogens with one attached hydrogen (secondary N) is 2. The van der Waals surface area contributed by atoms with Crippen LogP contribution in [0.1, 0.15) is 17.2 Å². The maximum absolute atomic E-state index is 12.1. The van der Waals surface area contributed by atoms with Crippen molar-refractivity contribution in [1.29, 1.82) is 0 Å². The van der Waals surface area contributed by atoms with Gasteiger partial charge >= 0.3 is 0 Å². The number of hydrogen-bond acceptors (Lipinski definition) is 6. The molecule has 0 aliphatic rings. The number of oxazole rings is 1. The van der Waals surface area contributed by atoms with Crippen LogP contribution in [0, 0.1) is 13.8 Å². The molecule has 0 radical (unpaired) electrons. The van der Waals surface area contributed by atoms with Crippen molar-refractivity contribution in [3.05, 3.63) is 41.6 Å². The lowest BCUT2D eigenvalue weighted by atomic mass is 10.1. The van der Waals surface area contributed by atoms with Gasteiger partial charge in [-0.25, -0.2) is 4.98 Å². The number of aromatic nitrogens is 5. The summed E-state index contributed by atoms with van der Waals surface area (Å²) in [5, 5.41) is 16.6. The van der Waals surface area contributed by atoms with Gasteiger partial charge in [-0.3, -0.25) is 4.79 Å². The summed E-state index contributed by atoms with van der Waals surface area (Å²) in [5.41, 5.74) is 2.39. The third-order valence-electron chi connectivity index (χ3n) is 3.10. The standard InChI is InChI=1S/C14H14N6O2/c1-8-3-4-10(14-17-19-20-18-14)5-11(8)16-12(21)6-13-15-7-9(2)22-13/h3-5,7H,6H2,1-2H3,(H,16,21)(H,17,18,19,20). The molecule has 0 bridgehead atoms. The number of nitrogens with zero attached hydrogens (tertiary/aromatic N) is 4. The second-order valence-electron chi connectivity index (χ2n) is 4.85. The molecule has 2 heterocycles. The Morgan fingerprint density at radius 3 is 2.91 bits per heavy atom. The van der Waals surface area contributed by atoms with Crippen molar-refractivity contribution in [2.75, 3.05) is 5.32 Å². The fourth-order valence-electron chi connectivity index (χ4n) is 1.99. The molecule has 0 spiro atoms. The van der Waals surface area contributed by atoms with Crippen LogP contribution in [-0.2, 0) is 11.2 Å². The van der Waals surface area contributed by atoms with Crippen LogP contribution < -0.4 is 5.32 Å². The molecule has 0 saturated carbocycles. The zero-order valence-corrected chi connectivity index (χ0v) is 12.1. The molecule has 3 rings (SSSR count). The first-order chi connectivity index (χ1) is 10.6. The molecule has 0 unspecified atom stereocenters. The molecule has 0 aliphatic heterocycles. The summed E-state index contributed by atoms with van der Waals surface area (Å²) in [6, 6.07) is 5.56. The molecule has 1 aromatic carbocycles. The van der Waals surface area contributed by atoms with Crippen LogP contribution in [0.2, 0.25) is 0 Å². The fraction of sp³-hybridized carbons (Fsp3) is 0.214. The number of aryl methyl sites for hydroxylation is 2. The molecule has 2 aromatic heterocycles. The number of carbonyl (C=O) groups is 1. The van der Waals surface area contributed by atoms with E-state index in [0.717, 1.165) is 11.1 Å². The number of tetrazole rings is 1. The maximum atomic E-state index is 12.1. The van der Waals surface area contributed by atoms with Gasteiger partial charge in [-0.15, -0.1) is 10.2 Å². The molecule has 3 aromatic rings. The van der Waals surface area contributed by atoms with Crippen LogP contribution in [-0.4, -0.2) is 31.5 Å². The van der Waals surface area contributed by atoms with Crippen molar-refractivity contribution in [3.63, 3.8) is 0 Å². The van der Waals surface area contributed by atoms with Crippen LogP contribution in [0.3, 0.4) is 0 Å². The van der Waals surface area contributed by atoms with Gasteiger partial charge in [0, 0.05) is 11.3 Å². The molecule has 0 aliphatic carbocycles. The minimum atomic E-state index is -0.199. The second kappa shape index (κ2) is 5.76. The van der Waals surface area contributed by atoms with Crippen molar-refractivity contribution in [2.24, 2.45) is 0 Å². The smallest absolute Gasteiger partial charge is 0.233 e. The minimum absolute atomic E-state index is 0.0831. The van der Waals surface area contributed by atoms with Crippen LogP contribution in [0.5, 0.6) is 0 Å². The lowest BCUT2D eigenvalue weighted by Crippen LogP contribution is -2.15. The van der Waals surface area contributed by atoms with Gasteiger partial charge in [-0.1, -0.05) is 12.1 Å². The average Bonchev–Trinajstić information content (AvgIpc) is 3.13. The van der Waals surface area contributed by atoms with E-state index in [1.54, 1.807) is 19.2 Å². The van der Waals surface area contributed by atoms with E-state index in [-0.39, 0.29) is 12.3 Å². The molecule has 22 heavy (non-hydrogen) atoms. The second-order valence-corrected chi connectivity index (χ2v) is 4.85. The molecule has 0 fully saturated rings. The maximum Gasteiger partial charge on any atom is 0.233 e. The topological polar surface area (TPSA) is 110 Å². The first kappa shape index (κ1) is 13.9. The SMILES string of the molecule is Cc1cnc(CC(=O)Nc2cc(-c3nn[nH]n3)ccc2C)o1. The van der Waals surface area contributed by atoms with Gasteiger partial charge in [0.1, 0.15) is 12.2 Å². The number of benzene rings is 1. The van der Waals surface area contributed by atoms with E-state index in [0.29, 0.717) is 23.2 Å². The highest BCUT2D eigenvalue weighted by molar-refractivity contribution is 5.93. The fourth-order valence-corrected chi connectivity index (χ4v) is 1.99. The Kier molecular flexibility index (Phi) is 3.65. The Bertz CT molecular complexity index is 794. The third kappa shape index (κ3) is 3.00. The van der Waals surface area contributed by atoms with Gasteiger partial charge in [-0.2, -0.15) is 5.21 Å². The Labute approximate surface area is 126 Å². The van der Waals surface area contributed by atoms with Crippen molar-refractivity contribution < 1.29 is 9.21 Å². The summed E-state index contributed by atoms with van der Waals surface area (Å²) < 4.78 is 5.30. The van der Waals surface area contributed by atoms with E-state index in [1.165, 1.54) is 0 Å². The van der Waals surface area contributed by atoms with E-state index in [1.807, 2.05) is 19.1 Å². The van der Waals surface area contributed by atoms with E-state index in [2.05, 4.69) is 30.9 Å². The quantitative estimate of drug-likeness (QED) is 0.758. The number of carbonyl (C=O) groups excluding carboxylic acids is 1. The number of hydrogen-bond donors (Lipinski definition) is 2. The largest absolute Gasteiger partial charge is 0.445 e. The normalized spacial score (nSPS) is 10.6. The number of rotatable bonds is 4. The molecule has 1 amide bonds. The summed E-state index contributed by atoms with van der Waals surface area (Å²) in [6.45, 7) is 3.69. The van der Waals surface area contributed by atoms with Crippen molar-refractivity contribution in [2.45, 2.75) is 20.3 Å². The van der Waals surface area contributed by atoms with E-state index in [4.69, 9.17) is 4.42 Å². The Morgan fingerprint density at radius 1 is 1.36 bits per heavy atom. The number of H-pyrrole nitrogens is 1. The molecule has 8 heteroatoms. The van der Waals surface area contributed by atoms with E-state index in [9.17, 15) is 4.79 Å². The highest BCUT2D eigenvalue weighted by Gasteiger charge is 2.12. The third-order valence-corrected chi connectivity index (χ3v) is 3.10. The van der Waals surface area contributed by atoms with Crippen LogP contribution >= 0.6 is 0 Å².